The number of rotatable bonds is 1. The molecule has 1 aromatic heterocycles. The van der Waals surface area contributed by atoms with Crippen molar-refractivity contribution in [2.45, 2.75) is 0 Å². The minimum atomic E-state index is -0.234. The van der Waals surface area contributed by atoms with E-state index in [9.17, 15) is 4.39 Å². The molecular weight excluding hydrogens is 237 g/mol. The Balaban J connectivity index is 2.34. The molecule has 3 nitrogen and oxygen atoms in total. The minimum Gasteiger partial charge on any atom is -0.374 e. The fraction of sp³-hybridized carbons (Fsp3) is 0. The van der Waals surface area contributed by atoms with Gasteiger partial charge in [0.15, 0.2) is 0 Å². The van der Waals surface area contributed by atoms with E-state index in [0.29, 0.717) is 15.5 Å². The van der Waals surface area contributed by atoms with Crippen molar-refractivity contribution in [2.24, 2.45) is 0 Å². The van der Waals surface area contributed by atoms with Gasteiger partial charge >= 0.3 is 0 Å². The lowest BCUT2D eigenvalue weighted by atomic mass is 10.0. The van der Waals surface area contributed by atoms with E-state index in [1.54, 1.807) is 12.1 Å². The molecule has 0 amide bonds. The highest BCUT2D eigenvalue weighted by Gasteiger charge is 2.10. The second kappa shape index (κ2) is 3.78. The van der Waals surface area contributed by atoms with E-state index in [1.807, 2.05) is 18.2 Å². The molecule has 0 saturated heterocycles. The first kappa shape index (κ1) is 10.2. The average Bonchev–Trinajstić information content (AvgIpc) is 2.77. The van der Waals surface area contributed by atoms with Crippen molar-refractivity contribution in [3.63, 3.8) is 0 Å². The zero-order valence-electron chi connectivity index (χ0n) is 8.72. The molecule has 0 saturated carbocycles. The lowest BCUT2D eigenvalue weighted by molar-refractivity contribution is 0.640. The molecule has 0 fully saturated rings. The van der Waals surface area contributed by atoms with Gasteiger partial charge < -0.3 is 5.73 Å². The molecule has 0 aliphatic heterocycles. The number of fused-ring (bicyclic) bond motifs is 1. The highest BCUT2D eigenvalue weighted by molar-refractivity contribution is 7.18. The monoisotopic (exact) mass is 245 g/mol. The van der Waals surface area contributed by atoms with Gasteiger partial charge in [-0.05, 0) is 17.5 Å². The summed E-state index contributed by atoms with van der Waals surface area (Å²) in [5, 5.41) is 10.3. The first-order valence-corrected chi connectivity index (χ1v) is 5.84. The number of nitrogens with zero attached hydrogens (tertiary/aromatic N) is 2. The smallest absolute Gasteiger partial charge is 0.203 e. The number of aromatic nitrogens is 2. The SMILES string of the molecule is Nc1nnc(-c2ccc(F)c3ccccc23)s1. The molecule has 0 radical (unpaired) electrons. The summed E-state index contributed by atoms with van der Waals surface area (Å²) in [7, 11) is 0. The van der Waals surface area contributed by atoms with E-state index in [0.717, 1.165) is 10.9 Å². The summed E-state index contributed by atoms with van der Waals surface area (Å²) in [6.07, 6.45) is 0. The van der Waals surface area contributed by atoms with Crippen LogP contribution in [0, 0.1) is 5.82 Å². The number of hydrogen-bond donors (Lipinski definition) is 1. The molecule has 2 N–H and O–H groups in total. The van der Waals surface area contributed by atoms with Crippen molar-refractivity contribution in [3.8, 4) is 10.6 Å². The Hall–Kier alpha value is -2.01. The summed E-state index contributed by atoms with van der Waals surface area (Å²) < 4.78 is 13.6. The highest BCUT2D eigenvalue weighted by Crippen LogP contribution is 2.32. The molecule has 0 aliphatic carbocycles. The normalized spacial score (nSPS) is 10.9. The predicted octanol–water partition coefficient (Wildman–Crippen LogP) is 3.08. The van der Waals surface area contributed by atoms with Gasteiger partial charge in [-0.15, -0.1) is 10.2 Å². The van der Waals surface area contributed by atoms with Crippen LogP contribution in [0.15, 0.2) is 36.4 Å². The summed E-state index contributed by atoms with van der Waals surface area (Å²) >= 11 is 1.29. The van der Waals surface area contributed by atoms with E-state index in [1.165, 1.54) is 17.4 Å². The quantitative estimate of drug-likeness (QED) is 0.716. The molecule has 0 spiro atoms. The zero-order valence-corrected chi connectivity index (χ0v) is 9.54. The van der Waals surface area contributed by atoms with Gasteiger partial charge in [0.2, 0.25) is 5.13 Å². The summed E-state index contributed by atoms with van der Waals surface area (Å²) in [4.78, 5) is 0. The molecule has 0 bridgehead atoms. The Labute approximate surface area is 101 Å². The van der Waals surface area contributed by atoms with Gasteiger partial charge in [-0.3, -0.25) is 0 Å². The van der Waals surface area contributed by atoms with Gasteiger partial charge in [0.25, 0.3) is 0 Å². The largest absolute Gasteiger partial charge is 0.374 e. The molecule has 84 valence electrons. The van der Waals surface area contributed by atoms with Crippen LogP contribution >= 0.6 is 11.3 Å². The molecule has 0 atom stereocenters. The summed E-state index contributed by atoms with van der Waals surface area (Å²) in [6, 6.07) is 10.4. The van der Waals surface area contributed by atoms with E-state index in [4.69, 9.17) is 5.73 Å². The van der Waals surface area contributed by atoms with E-state index in [2.05, 4.69) is 10.2 Å². The first-order valence-electron chi connectivity index (χ1n) is 5.02. The van der Waals surface area contributed by atoms with E-state index < -0.39 is 0 Å². The summed E-state index contributed by atoms with van der Waals surface area (Å²) in [5.41, 5.74) is 6.42. The van der Waals surface area contributed by atoms with Crippen LogP contribution in [0.4, 0.5) is 9.52 Å². The van der Waals surface area contributed by atoms with Gasteiger partial charge in [0.1, 0.15) is 10.8 Å². The number of nitrogen functional groups attached to an aromatic ring is 1. The standard InChI is InChI=1S/C12H8FN3S/c13-10-6-5-9(11-15-16-12(14)17-11)7-3-1-2-4-8(7)10/h1-6H,(H2,14,16). The Morgan fingerprint density at radius 1 is 1.00 bits per heavy atom. The van der Waals surface area contributed by atoms with Gasteiger partial charge in [0, 0.05) is 10.9 Å². The highest BCUT2D eigenvalue weighted by atomic mass is 32.1. The third-order valence-corrected chi connectivity index (χ3v) is 3.33. The van der Waals surface area contributed by atoms with Crippen LogP contribution in [0.5, 0.6) is 0 Å². The van der Waals surface area contributed by atoms with Crippen molar-refractivity contribution < 1.29 is 4.39 Å². The molecule has 3 aromatic rings. The molecule has 5 heteroatoms. The molecule has 2 aromatic carbocycles. The van der Waals surface area contributed by atoms with Crippen LogP contribution in [0.1, 0.15) is 0 Å². The fourth-order valence-corrected chi connectivity index (χ4v) is 2.44. The number of anilines is 1. The number of halogens is 1. The molecule has 3 rings (SSSR count). The second-order valence-corrected chi connectivity index (χ2v) is 4.60. The average molecular weight is 245 g/mol. The zero-order chi connectivity index (χ0) is 11.8. The fourth-order valence-electron chi connectivity index (χ4n) is 1.79. The molecule has 17 heavy (non-hydrogen) atoms. The van der Waals surface area contributed by atoms with E-state index >= 15 is 0 Å². The van der Waals surface area contributed by atoms with Crippen molar-refractivity contribution >= 4 is 27.2 Å². The van der Waals surface area contributed by atoms with Crippen molar-refractivity contribution in [1.29, 1.82) is 0 Å². The first-order chi connectivity index (χ1) is 8.25. The third-order valence-electron chi connectivity index (χ3n) is 2.54. The minimum absolute atomic E-state index is 0.234. The van der Waals surface area contributed by atoms with Crippen LogP contribution in [-0.4, -0.2) is 10.2 Å². The van der Waals surface area contributed by atoms with E-state index in [-0.39, 0.29) is 5.82 Å². The van der Waals surface area contributed by atoms with Crippen LogP contribution in [0.25, 0.3) is 21.3 Å². The number of hydrogen-bond acceptors (Lipinski definition) is 4. The molecule has 1 heterocycles. The maximum Gasteiger partial charge on any atom is 0.203 e. The maximum absolute atomic E-state index is 13.6. The van der Waals surface area contributed by atoms with Crippen LogP contribution < -0.4 is 5.73 Å². The Morgan fingerprint density at radius 2 is 1.76 bits per heavy atom. The van der Waals surface area contributed by atoms with Gasteiger partial charge in [-0.2, -0.15) is 0 Å². The van der Waals surface area contributed by atoms with Crippen LogP contribution in [0.2, 0.25) is 0 Å². The molecular formula is C12H8FN3S. The Kier molecular flexibility index (Phi) is 2.26. The van der Waals surface area contributed by atoms with Crippen molar-refractivity contribution in [2.75, 3.05) is 5.73 Å². The second-order valence-electron chi connectivity index (χ2n) is 3.59. The van der Waals surface area contributed by atoms with Gasteiger partial charge in [-0.1, -0.05) is 35.6 Å². The molecule has 0 unspecified atom stereocenters. The lowest BCUT2D eigenvalue weighted by Crippen LogP contribution is -1.84. The van der Waals surface area contributed by atoms with Crippen molar-refractivity contribution in [1.82, 2.24) is 10.2 Å². The summed E-state index contributed by atoms with van der Waals surface area (Å²) in [6.45, 7) is 0. The molecule has 0 aliphatic rings. The van der Waals surface area contributed by atoms with Gasteiger partial charge in [-0.25, -0.2) is 4.39 Å². The maximum atomic E-state index is 13.6. The Bertz CT molecular complexity index is 693. The number of benzene rings is 2. The Morgan fingerprint density at radius 3 is 2.47 bits per heavy atom. The van der Waals surface area contributed by atoms with Gasteiger partial charge in [0.05, 0.1) is 0 Å². The summed E-state index contributed by atoms with van der Waals surface area (Å²) in [5.74, 6) is -0.234. The lowest BCUT2D eigenvalue weighted by Gasteiger charge is -2.03. The predicted molar refractivity (Wildman–Crippen MR) is 67.2 cm³/mol. The third kappa shape index (κ3) is 1.64. The number of nitrogens with two attached hydrogens (primary N) is 1. The van der Waals surface area contributed by atoms with Crippen LogP contribution in [-0.2, 0) is 0 Å². The van der Waals surface area contributed by atoms with Crippen molar-refractivity contribution in [3.05, 3.63) is 42.2 Å². The van der Waals surface area contributed by atoms with Crippen LogP contribution in [0.3, 0.4) is 0 Å². The topological polar surface area (TPSA) is 51.8 Å².